The number of fused-ring (bicyclic) bond motifs is 1. The van der Waals surface area contributed by atoms with Crippen LogP contribution >= 0.6 is 11.8 Å². The van der Waals surface area contributed by atoms with Crippen molar-refractivity contribution in [2.45, 2.75) is 38.4 Å². The summed E-state index contributed by atoms with van der Waals surface area (Å²) < 4.78 is 29.0. The van der Waals surface area contributed by atoms with Gasteiger partial charge in [0.25, 0.3) is 5.91 Å². The number of hydrogen-bond donors (Lipinski definition) is 1. The summed E-state index contributed by atoms with van der Waals surface area (Å²) in [4.78, 5) is 15.1. The lowest BCUT2D eigenvalue weighted by Gasteiger charge is -2.27. The molecular weight excluding hydrogens is 406 g/mol. The minimum atomic E-state index is -0.576. The number of carbonyl (C=O) groups is 1. The lowest BCUT2D eigenvalue weighted by molar-refractivity contribution is 0.0764. The summed E-state index contributed by atoms with van der Waals surface area (Å²) in [5.74, 6) is 0.785. The van der Waals surface area contributed by atoms with Crippen LogP contribution in [0.1, 0.15) is 33.7 Å². The van der Waals surface area contributed by atoms with Crippen LogP contribution in [0.3, 0.4) is 0 Å². The molecule has 0 spiro atoms. The number of amides is 1. The monoisotopic (exact) mass is 432 g/mol. The first-order valence-corrected chi connectivity index (χ1v) is 11.5. The van der Waals surface area contributed by atoms with Crippen LogP contribution < -0.4 is 5.32 Å². The molecule has 0 bridgehead atoms. The molecule has 1 aliphatic carbocycles. The van der Waals surface area contributed by atoms with E-state index in [1.54, 1.807) is 6.08 Å². The highest BCUT2D eigenvalue weighted by atomic mass is 32.2. The molecule has 5 nitrogen and oxygen atoms in total. The molecule has 1 aromatic carbocycles. The lowest BCUT2D eigenvalue weighted by atomic mass is 9.91. The molecule has 0 radical (unpaired) electrons. The van der Waals surface area contributed by atoms with Gasteiger partial charge in [0.1, 0.15) is 11.6 Å². The predicted octanol–water partition coefficient (Wildman–Crippen LogP) is 3.18. The third kappa shape index (κ3) is 4.44. The highest BCUT2D eigenvalue weighted by Crippen LogP contribution is 2.27. The third-order valence-corrected chi connectivity index (χ3v) is 6.69. The van der Waals surface area contributed by atoms with Crippen molar-refractivity contribution in [1.29, 1.82) is 0 Å². The third-order valence-electron chi connectivity index (χ3n) is 5.75. The van der Waals surface area contributed by atoms with E-state index in [4.69, 9.17) is 0 Å². The number of thioether (sulfide) groups is 1. The molecule has 1 N–H and O–H groups in total. The van der Waals surface area contributed by atoms with Crippen LogP contribution in [0.5, 0.6) is 0 Å². The van der Waals surface area contributed by atoms with Gasteiger partial charge in [0, 0.05) is 60.1 Å². The summed E-state index contributed by atoms with van der Waals surface area (Å²) in [5, 5.41) is 8.03. The highest BCUT2D eigenvalue weighted by molar-refractivity contribution is 7.99. The minimum Gasteiger partial charge on any atom is -0.336 e. The maximum Gasteiger partial charge on any atom is 0.274 e. The lowest BCUT2D eigenvalue weighted by Crippen LogP contribution is -2.39. The Labute approximate surface area is 179 Å². The first kappa shape index (κ1) is 21.1. The summed E-state index contributed by atoms with van der Waals surface area (Å²) >= 11 is 1.86. The maximum atomic E-state index is 14.0. The molecular formula is C22H26F2N4OS. The van der Waals surface area contributed by atoms with Crippen molar-refractivity contribution in [3.05, 3.63) is 65.0 Å². The first-order chi connectivity index (χ1) is 14.6. The van der Waals surface area contributed by atoms with E-state index in [0.29, 0.717) is 30.8 Å². The Morgan fingerprint density at radius 3 is 2.87 bits per heavy atom. The second-order valence-corrected chi connectivity index (χ2v) is 8.93. The van der Waals surface area contributed by atoms with Gasteiger partial charge in [-0.1, -0.05) is 12.1 Å². The molecule has 0 saturated carbocycles. The van der Waals surface area contributed by atoms with Crippen molar-refractivity contribution >= 4 is 17.7 Å². The van der Waals surface area contributed by atoms with Gasteiger partial charge in [-0.15, -0.1) is 6.58 Å². The van der Waals surface area contributed by atoms with E-state index in [0.717, 1.165) is 54.8 Å². The molecule has 2 aliphatic rings. The average molecular weight is 433 g/mol. The predicted molar refractivity (Wildman–Crippen MR) is 115 cm³/mol. The molecule has 1 saturated heterocycles. The Kier molecular flexibility index (Phi) is 6.53. The number of halogens is 2. The van der Waals surface area contributed by atoms with E-state index in [2.05, 4.69) is 17.0 Å². The van der Waals surface area contributed by atoms with Crippen molar-refractivity contribution in [3.63, 3.8) is 0 Å². The van der Waals surface area contributed by atoms with Gasteiger partial charge in [-0.05, 0) is 25.3 Å². The van der Waals surface area contributed by atoms with E-state index in [-0.39, 0.29) is 11.9 Å². The zero-order chi connectivity index (χ0) is 21.1. The van der Waals surface area contributed by atoms with Crippen LogP contribution in [0.25, 0.3) is 0 Å². The van der Waals surface area contributed by atoms with Gasteiger partial charge >= 0.3 is 0 Å². The van der Waals surface area contributed by atoms with Gasteiger partial charge in [0.2, 0.25) is 0 Å². The number of nitrogens with zero attached hydrogens (tertiary/aromatic N) is 3. The fourth-order valence-corrected chi connectivity index (χ4v) is 5.05. The highest BCUT2D eigenvalue weighted by Gasteiger charge is 2.31. The van der Waals surface area contributed by atoms with Crippen LogP contribution in [0, 0.1) is 11.6 Å². The largest absolute Gasteiger partial charge is 0.336 e. The van der Waals surface area contributed by atoms with Crippen LogP contribution in [0.2, 0.25) is 0 Å². The SMILES string of the molecule is C=CCn1nc(C(=O)N2CCSCC2)c2c1CCC(NCc1ccc(F)cc1F)C2. The van der Waals surface area contributed by atoms with E-state index >= 15 is 0 Å². The Hall–Kier alpha value is -2.19. The molecule has 2 aromatic rings. The zero-order valence-electron chi connectivity index (χ0n) is 16.9. The zero-order valence-corrected chi connectivity index (χ0v) is 17.7. The van der Waals surface area contributed by atoms with Crippen molar-refractivity contribution in [1.82, 2.24) is 20.0 Å². The van der Waals surface area contributed by atoms with E-state index in [1.807, 2.05) is 21.3 Å². The summed E-state index contributed by atoms with van der Waals surface area (Å²) in [6.07, 6.45) is 4.12. The van der Waals surface area contributed by atoms with E-state index in [9.17, 15) is 13.6 Å². The number of allylic oxidation sites excluding steroid dienone is 1. The fraction of sp³-hybridized carbons (Fsp3) is 0.455. The molecule has 1 fully saturated rings. The van der Waals surface area contributed by atoms with Crippen LogP contribution in [-0.2, 0) is 25.9 Å². The number of carbonyl (C=O) groups excluding carboxylic acids is 1. The van der Waals surface area contributed by atoms with Crippen molar-refractivity contribution in [2.75, 3.05) is 24.6 Å². The van der Waals surface area contributed by atoms with Crippen LogP contribution in [0.15, 0.2) is 30.9 Å². The van der Waals surface area contributed by atoms with E-state index in [1.165, 1.54) is 12.1 Å². The van der Waals surface area contributed by atoms with Gasteiger partial charge < -0.3 is 10.2 Å². The summed E-state index contributed by atoms with van der Waals surface area (Å²) in [7, 11) is 0. The number of rotatable bonds is 6. The molecule has 30 heavy (non-hydrogen) atoms. The molecule has 1 aromatic heterocycles. The number of nitrogens with one attached hydrogen (secondary N) is 1. The minimum absolute atomic E-state index is 0.000378. The molecule has 1 atom stereocenters. The summed E-state index contributed by atoms with van der Waals surface area (Å²) in [6, 6.07) is 3.75. The maximum absolute atomic E-state index is 14.0. The summed E-state index contributed by atoms with van der Waals surface area (Å²) in [5.41, 5.74) is 3.06. The van der Waals surface area contributed by atoms with Gasteiger partial charge in [0.05, 0.1) is 6.54 Å². The Morgan fingerprint density at radius 1 is 1.33 bits per heavy atom. The molecule has 2 heterocycles. The van der Waals surface area contributed by atoms with Crippen molar-refractivity contribution < 1.29 is 13.6 Å². The van der Waals surface area contributed by atoms with Gasteiger partial charge in [-0.2, -0.15) is 16.9 Å². The molecule has 1 aliphatic heterocycles. The topological polar surface area (TPSA) is 50.2 Å². The fourth-order valence-electron chi connectivity index (χ4n) is 4.14. The first-order valence-electron chi connectivity index (χ1n) is 10.3. The Bertz CT molecular complexity index is 939. The standard InChI is InChI=1S/C22H26F2N4OS/c1-2-7-28-20-6-5-17(25-14-15-3-4-16(23)12-19(15)24)13-18(20)21(26-28)22(29)27-8-10-30-11-9-27/h2-4,12,17,25H,1,5-11,13-14H2. The number of hydrogen-bond acceptors (Lipinski definition) is 4. The number of aromatic nitrogens is 2. The van der Waals surface area contributed by atoms with Gasteiger partial charge in [0.15, 0.2) is 5.69 Å². The van der Waals surface area contributed by atoms with Gasteiger partial charge in [-0.3, -0.25) is 9.48 Å². The van der Waals surface area contributed by atoms with Crippen LogP contribution in [-0.4, -0.2) is 51.2 Å². The van der Waals surface area contributed by atoms with Crippen molar-refractivity contribution in [2.24, 2.45) is 0 Å². The Morgan fingerprint density at radius 2 is 2.13 bits per heavy atom. The molecule has 1 unspecified atom stereocenters. The molecule has 160 valence electrons. The smallest absolute Gasteiger partial charge is 0.274 e. The Balaban J connectivity index is 1.52. The molecule has 8 heteroatoms. The average Bonchev–Trinajstić information content (AvgIpc) is 3.11. The second-order valence-electron chi connectivity index (χ2n) is 7.71. The summed E-state index contributed by atoms with van der Waals surface area (Å²) in [6.45, 7) is 6.20. The van der Waals surface area contributed by atoms with Crippen LogP contribution in [0.4, 0.5) is 8.78 Å². The quantitative estimate of drug-likeness (QED) is 0.713. The van der Waals surface area contributed by atoms with Crippen molar-refractivity contribution in [3.8, 4) is 0 Å². The molecule has 4 rings (SSSR count). The molecule has 1 amide bonds. The second kappa shape index (κ2) is 9.31. The number of benzene rings is 1. The normalized spacial score (nSPS) is 18.9. The van der Waals surface area contributed by atoms with Gasteiger partial charge in [-0.25, -0.2) is 8.78 Å². The van der Waals surface area contributed by atoms with E-state index < -0.39 is 11.6 Å².